The molecule has 1 N–H and O–H groups in total. The van der Waals surface area contributed by atoms with Crippen molar-refractivity contribution in [3.05, 3.63) is 18.0 Å². The van der Waals surface area contributed by atoms with Gasteiger partial charge in [0.1, 0.15) is 5.82 Å². The van der Waals surface area contributed by atoms with Crippen LogP contribution in [-0.2, 0) is 10.9 Å². The van der Waals surface area contributed by atoms with E-state index in [9.17, 15) is 13.2 Å². The molecule has 10 heteroatoms. The van der Waals surface area contributed by atoms with Gasteiger partial charge in [-0.2, -0.15) is 17.7 Å². The molecule has 2 atom stereocenters. The predicted molar refractivity (Wildman–Crippen MR) is 76.1 cm³/mol. The Morgan fingerprint density at radius 1 is 1.35 bits per heavy atom. The van der Waals surface area contributed by atoms with Gasteiger partial charge in [-0.25, -0.2) is 0 Å². The van der Waals surface area contributed by atoms with Crippen molar-refractivity contribution in [3.8, 4) is 0 Å². The van der Waals surface area contributed by atoms with Gasteiger partial charge in [-0.15, -0.1) is 15.3 Å². The normalized spacial score (nSPS) is 21.5. The number of ether oxygens (including phenoxy) is 1. The molecule has 1 aliphatic rings. The summed E-state index contributed by atoms with van der Waals surface area (Å²) in [6.45, 7) is 4.15. The van der Waals surface area contributed by atoms with Crippen molar-refractivity contribution < 1.29 is 17.9 Å². The summed E-state index contributed by atoms with van der Waals surface area (Å²) in [7, 11) is 2.00. The molecule has 1 saturated heterocycles. The molecule has 7 nitrogen and oxygen atoms in total. The maximum absolute atomic E-state index is 12.9. The van der Waals surface area contributed by atoms with Crippen LogP contribution in [-0.4, -0.2) is 63.6 Å². The van der Waals surface area contributed by atoms with E-state index in [1.807, 2.05) is 14.0 Å². The van der Waals surface area contributed by atoms with Crippen LogP contribution in [0.1, 0.15) is 12.7 Å². The summed E-state index contributed by atoms with van der Waals surface area (Å²) in [5.41, 5.74) is 0.0455. The highest BCUT2D eigenvalue weighted by atomic mass is 19.4. The maximum atomic E-state index is 12.9. The predicted octanol–water partition coefficient (Wildman–Crippen LogP) is 1.27. The summed E-state index contributed by atoms with van der Waals surface area (Å²) in [6, 6.07) is 2.92. The number of hydrogen-bond donors (Lipinski definition) is 1. The Bertz CT molecular complexity index is 688. The van der Waals surface area contributed by atoms with Gasteiger partial charge in [-0.1, -0.05) is 0 Å². The van der Waals surface area contributed by atoms with E-state index in [2.05, 4.69) is 25.5 Å². The number of fused-ring (bicyclic) bond motifs is 1. The van der Waals surface area contributed by atoms with Crippen LogP contribution < -0.4 is 5.32 Å². The summed E-state index contributed by atoms with van der Waals surface area (Å²) >= 11 is 0. The molecule has 0 saturated carbocycles. The van der Waals surface area contributed by atoms with E-state index < -0.39 is 12.0 Å². The van der Waals surface area contributed by atoms with Crippen LogP contribution in [0.25, 0.3) is 5.65 Å². The Hall–Kier alpha value is -1.94. The van der Waals surface area contributed by atoms with Crippen molar-refractivity contribution in [2.75, 3.05) is 32.1 Å². The molecule has 3 rings (SSSR count). The van der Waals surface area contributed by atoms with E-state index in [0.29, 0.717) is 16.9 Å². The lowest BCUT2D eigenvalue weighted by Crippen LogP contribution is -2.47. The Kier molecular flexibility index (Phi) is 4.11. The van der Waals surface area contributed by atoms with E-state index in [4.69, 9.17) is 4.74 Å². The summed E-state index contributed by atoms with van der Waals surface area (Å²) < 4.78 is 45.0. The first kappa shape index (κ1) is 15.9. The second kappa shape index (κ2) is 5.93. The van der Waals surface area contributed by atoms with E-state index in [1.54, 1.807) is 6.07 Å². The molecule has 0 aromatic carbocycles. The third kappa shape index (κ3) is 3.37. The number of halogens is 3. The smallest absolute Gasteiger partial charge is 0.373 e. The molecular weight excluding hydrogens is 313 g/mol. The molecule has 1 aliphatic heterocycles. The van der Waals surface area contributed by atoms with E-state index in [0.717, 1.165) is 13.1 Å². The van der Waals surface area contributed by atoms with Crippen molar-refractivity contribution in [1.29, 1.82) is 0 Å². The third-order valence-corrected chi connectivity index (χ3v) is 3.75. The fourth-order valence-corrected chi connectivity index (χ4v) is 2.48. The number of alkyl halides is 3. The summed E-state index contributed by atoms with van der Waals surface area (Å²) in [5.74, 6) is -0.829. The molecule has 2 aromatic heterocycles. The van der Waals surface area contributed by atoms with Crippen LogP contribution >= 0.6 is 0 Å². The zero-order valence-corrected chi connectivity index (χ0v) is 12.7. The summed E-state index contributed by atoms with van der Waals surface area (Å²) in [4.78, 5) is 2.14. The second-order valence-electron chi connectivity index (χ2n) is 5.61. The van der Waals surface area contributed by atoms with Gasteiger partial charge in [0.15, 0.2) is 5.65 Å². The highest BCUT2D eigenvalue weighted by molar-refractivity contribution is 5.44. The van der Waals surface area contributed by atoms with Gasteiger partial charge >= 0.3 is 6.18 Å². The van der Waals surface area contributed by atoms with Crippen LogP contribution in [0, 0.1) is 0 Å². The molecule has 0 radical (unpaired) electrons. The quantitative estimate of drug-likeness (QED) is 0.914. The number of nitrogens with zero attached hydrogens (tertiary/aromatic N) is 5. The molecule has 0 amide bonds. The minimum absolute atomic E-state index is 0.0455. The van der Waals surface area contributed by atoms with Crippen LogP contribution in [0.4, 0.5) is 19.0 Å². The highest BCUT2D eigenvalue weighted by Crippen LogP contribution is 2.27. The zero-order chi connectivity index (χ0) is 16.6. The Morgan fingerprint density at radius 2 is 2.13 bits per heavy atom. The molecule has 23 heavy (non-hydrogen) atoms. The number of likely N-dealkylation sites (N-methyl/N-ethyl adjacent to an activating group) is 1. The Morgan fingerprint density at radius 3 is 2.83 bits per heavy atom. The largest absolute Gasteiger partial charge is 0.453 e. The Balaban J connectivity index is 1.80. The number of anilines is 1. The van der Waals surface area contributed by atoms with Crippen molar-refractivity contribution in [2.45, 2.75) is 25.2 Å². The fraction of sp³-hybridized carbons (Fsp3) is 0.615. The van der Waals surface area contributed by atoms with Crippen molar-refractivity contribution in [2.24, 2.45) is 0 Å². The average molecular weight is 330 g/mol. The van der Waals surface area contributed by atoms with E-state index in [1.165, 1.54) is 6.07 Å². The first-order valence-corrected chi connectivity index (χ1v) is 7.21. The van der Waals surface area contributed by atoms with Crippen LogP contribution in [0.2, 0.25) is 0 Å². The summed E-state index contributed by atoms with van der Waals surface area (Å²) in [6.07, 6.45) is -4.67. The molecule has 1 fully saturated rings. The average Bonchev–Trinajstić information content (AvgIpc) is 2.90. The summed E-state index contributed by atoms with van der Waals surface area (Å²) in [5, 5.41) is 13.7. The lowest BCUT2D eigenvalue weighted by Gasteiger charge is -2.34. The fourth-order valence-electron chi connectivity index (χ4n) is 2.48. The molecule has 0 spiro atoms. The van der Waals surface area contributed by atoms with Crippen molar-refractivity contribution >= 4 is 11.5 Å². The first-order valence-electron chi connectivity index (χ1n) is 7.21. The van der Waals surface area contributed by atoms with Gasteiger partial charge in [0, 0.05) is 13.1 Å². The van der Waals surface area contributed by atoms with Gasteiger partial charge in [-0.05, 0) is 26.1 Å². The van der Waals surface area contributed by atoms with E-state index in [-0.39, 0.29) is 17.8 Å². The maximum Gasteiger partial charge on any atom is 0.453 e. The molecule has 3 heterocycles. The minimum atomic E-state index is -4.61. The minimum Gasteiger partial charge on any atom is -0.373 e. The van der Waals surface area contributed by atoms with Gasteiger partial charge in [-0.3, -0.25) is 0 Å². The third-order valence-electron chi connectivity index (χ3n) is 3.75. The first-order chi connectivity index (χ1) is 10.8. The topological polar surface area (TPSA) is 67.6 Å². The lowest BCUT2D eigenvalue weighted by molar-refractivity contribution is -0.146. The SMILES string of the molecule is CC(Nc1ccc2nnc(C(F)(F)F)n2n1)C1CN(C)CCO1. The standard InChI is InChI=1S/C13H17F3N6O/c1-8(9-7-21(2)5-6-23-9)17-10-3-4-11-18-19-12(13(14,15)16)22(11)20-10/h3-4,8-9H,5-7H2,1-2H3,(H,17,20). The molecule has 2 unspecified atom stereocenters. The van der Waals surface area contributed by atoms with Crippen LogP contribution in [0.5, 0.6) is 0 Å². The molecule has 0 bridgehead atoms. The molecule has 0 aliphatic carbocycles. The van der Waals surface area contributed by atoms with Gasteiger partial charge in [0.2, 0.25) is 0 Å². The van der Waals surface area contributed by atoms with Crippen molar-refractivity contribution in [1.82, 2.24) is 24.7 Å². The zero-order valence-electron chi connectivity index (χ0n) is 12.7. The second-order valence-corrected chi connectivity index (χ2v) is 5.61. The number of rotatable bonds is 3. The number of nitrogens with one attached hydrogen (secondary N) is 1. The van der Waals surface area contributed by atoms with Crippen molar-refractivity contribution in [3.63, 3.8) is 0 Å². The Labute approximate surface area is 130 Å². The number of morpholine rings is 1. The van der Waals surface area contributed by atoms with Crippen LogP contribution in [0.15, 0.2) is 12.1 Å². The van der Waals surface area contributed by atoms with Crippen LogP contribution in [0.3, 0.4) is 0 Å². The van der Waals surface area contributed by atoms with Gasteiger partial charge < -0.3 is 15.0 Å². The molecule has 2 aromatic rings. The number of hydrogen-bond acceptors (Lipinski definition) is 6. The van der Waals surface area contributed by atoms with Gasteiger partial charge in [0.25, 0.3) is 5.82 Å². The molecular formula is C13H17F3N6O. The molecule has 126 valence electrons. The monoisotopic (exact) mass is 330 g/mol. The van der Waals surface area contributed by atoms with E-state index >= 15 is 0 Å². The van der Waals surface area contributed by atoms with Gasteiger partial charge in [0.05, 0.1) is 18.8 Å². The highest BCUT2D eigenvalue weighted by Gasteiger charge is 2.37. The lowest BCUT2D eigenvalue weighted by atomic mass is 10.1. The number of aromatic nitrogens is 4.